The van der Waals surface area contributed by atoms with Crippen molar-refractivity contribution in [3.63, 3.8) is 0 Å². The lowest BCUT2D eigenvalue weighted by atomic mass is 9.98. The zero-order valence-electron chi connectivity index (χ0n) is 15.9. The number of carbonyl (C=O) groups excluding carboxylic acids is 1. The van der Waals surface area contributed by atoms with E-state index in [1.807, 2.05) is 48.5 Å². The van der Waals surface area contributed by atoms with Gasteiger partial charge in [0.1, 0.15) is 17.0 Å². The Kier molecular flexibility index (Phi) is 6.34. The van der Waals surface area contributed by atoms with Crippen LogP contribution in [-0.4, -0.2) is 34.9 Å². The largest absolute Gasteiger partial charge is 0.480 e. The van der Waals surface area contributed by atoms with Crippen molar-refractivity contribution < 1.29 is 24.5 Å². The summed E-state index contributed by atoms with van der Waals surface area (Å²) >= 11 is 10.2. The quantitative estimate of drug-likeness (QED) is 0.414. The molecule has 0 aliphatic heterocycles. The van der Waals surface area contributed by atoms with E-state index < -0.39 is 24.2 Å². The van der Waals surface area contributed by atoms with E-state index in [2.05, 4.69) is 21.2 Å². The number of fused-ring (bicyclic) bond motifs is 3. The maximum Gasteiger partial charge on any atom is 0.407 e. The van der Waals surface area contributed by atoms with Gasteiger partial charge < -0.3 is 20.3 Å². The smallest absolute Gasteiger partial charge is 0.407 e. The molecule has 160 valence electrons. The molecular formula is C22H17BrClNO5S. The summed E-state index contributed by atoms with van der Waals surface area (Å²) in [6.45, 7) is 0.0403. The van der Waals surface area contributed by atoms with Gasteiger partial charge in [-0.05, 0) is 44.3 Å². The van der Waals surface area contributed by atoms with Crippen molar-refractivity contribution in [1.29, 1.82) is 0 Å². The number of benzene rings is 2. The number of carboxylic acid groups (broad SMARTS) is 1. The Bertz CT molecular complexity index is 1090. The van der Waals surface area contributed by atoms with E-state index in [0.717, 1.165) is 33.6 Å². The SMILES string of the molecule is O=C(NC(C(=O)O)C(O)c1cc(Br)c(Cl)s1)OCC1c2ccccc2-c2ccccc21. The molecule has 1 amide bonds. The predicted molar refractivity (Wildman–Crippen MR) is 122 cm³/mol. The minimum Gasteiger partial charge on any atom is -0.480 e. The number of thiophene rings is 1. The molecule has 3 N–H and O–H groups in total. The number of carboxylic acids is 1. The van der Waals surface area contributed by atoms with Gasteiger partial charge in [0.15, 0.2) is 6.04 Å². The second-order valence-corrected chi connectivity index (χ2v) is 9.54. The molecule has 0 radical (unpaired) electrons. The van der Waals surface area contributed by atoms with Crippen molar-refractivity contribution in [1.82, 2.24) is 5.32 Å². The fourth-order valence-corrected chi connectivity index (χ4v) is 5.48. The van der Waals surface area contributed by atoms with E-state index in [1.54, 1.807) is 0 Å². The average molecular weight is 523 g/mol. The Labute approximate surface area is 195 Å². The third-order valence-electron chi connectivity index (χ3n) is 5.15. The molecule has 9 heteroatoms. The van der Waals surface area contributed by atoms with Crippen LogP contribution in [0.2, 0.25) is 4.34 Å². The van der Waals surface area contributed by atoms with E-state index in [-0.39, 0.29) is 12.5 Å². The molecule has 2 unspecified atom stereocenters. The normalized spacial score (nSPS) is 14.4. The first-order chi connectivity index (χ1) is 14.9. The van der Waals surface area contributed by atoms with Crippen molar-refractivity contribution in [3.05, 3.63) is 79.4 Å². The van der Waals surface area contributed by atoms with Crippen LogP contribution < -0.4 is 5.32 Å². The van der Waals surface area contributed by atoms with Gasteiger partial charge >= 0.3 is 12.1 Å². The van der Waals surface area contributed by atoms with Gasteiger partial charge in [0.25, 0.3) is 0 Å². The topological polar surface area (TPSA) is 95.9 Å². The first-order valence-electron chi connectivity index (χ1n) is 9.34. The van der Waals surface area contributed by atoms with Gasteiger partial charge in [-0.1, -0.05) is 60.1 Å². The first kappa shape index (κ1) is 21.8. The molecule has 3 aromatic rings. The monoisotopic (exact) mass is 521 g/mol. The summed E-state index contributed by atoms with van der Waals surface area (Å²) in [5, 5.41) is 22.2. The van der Waals surface area contributed by atoms with Gasteiger partial charge in [0, 0.05) is 15.3 Å². The van der Waals surface area contributed by atoms with Gasteiger partial charge in [-0.2, -0.15) is 0 Å². The molecule has 31 heavy (non-hydrogen) atoms. The fourth-order valence-electron chi connectivity index (χ4n) is 3.72. The van der Waals surface area contributed by atoms with Crippen LogP contribution in [0.1, 0.15) is 28.0 Å². The molecule has 2 aromatic carbocycles. The highest BCUT2D eigenvalue weighted by molar-refractivity contribution is 9.10. The van der Waals surface area contributed by atoms with Crippen LogP contribution in [0.15, 0.2) is 59.1 Å². The number of carbonyl (C=O) groups is 2. The standard InChI is InChI=1S/C22H17BrClNO5S/c23-16-9-17(31-20(16)24)19(26)18(21(27)28)25-22(29)30-10-15-13-7-3-1-5-11(13)12-6-2-4-8-14(12)15/h1-9,15,18-19,26H,10H2,(H,25,29)(H,27,28). The second-order valence-electron chi connectivity index (χ2n) is 7.00. The van der Waals surface area contributed by atoms with E-state index in [9.17, 15) is 19.8 Å². The lowest BCUT2D eigenvalue weighted by Gasteiger charge is -2.20. The number of nitrogens with one attached hydrogen (secondary N) is 1. The van der Waals surface area contributed by atoms with Crippen LogP contribution in [-0.2, 0) is 9.53 Å². The Morgan fingerprint density at radius 2 is 1.71 bits per heavy atom. The summed E-state index contributed by atoms with van der Waals surface area (Å²) < 4.78 is 6.29. The van der Waals surface area contributed by atoms with Crippen LogP contribution in [0.5, 0.6) is 0 Å². The molecule has 0 spiro atoms. The maximum absolute atomic E-state index is 12.4. The molecule has 1 heterocycles. The molecule has 4 rings (SSSR count). The molecule has 0 saturated heterocycles. The first-order valence-corrected chi connectivity index (χ1v) is 11.3. The number of aliphatic carboxylic acids is 1. The molecule has 1 aromatic heterocycles. The number of hydrogen-bond donors (Lipinski definition) is 3. The van der Waals surface area contributed by atoms with Crippen molar-refractivity contribution in [2.45, 2.75) is 18.1 Å². The summed E-state index contributed by atoms with van der Waals surface area (Å²) in [5.41, 5.74) is 4.27. The third-order valence-corrected chi connectivity index (χ3v) is 7.70. The van der Waals surface area contributed by atoms with Crippen LogP contribution >= 0.6 is 38.9 Å². The molecule has 2 atom stereocenters. The average Bonchev–Trinajstić information content (AvgIpc) is 3.27. The van der Waals surface area contributed by atoms with Crippen LogP contribution in [0.3, 0.4) is 0 Å². The summed E-state index contributed by atoms with van der Waals surface area (Å²) in [7, 11) is 0. The minimum absolute atomic E-state index is 0.0403. The molecule has 0 fully saturated rings. The lowest BCUT2D eigenvalue weighted by Crippen LogP contribution is -2.45. The lowest BCUT2D eigenvalue weighted by molar-refractivity contribution is -0.142. The summed E-state index contributed by atoms with van der Waals surface area (Å²) in [5.74, 6) is -1.54. The van der Waals surface area contributed by atoms with E-state index >= 15 is 0 Å². The number of aliphatic hydroxyl groups is 1. The number of alkyl carbamates (subject to hydrolysis) is 1. The van der Waals surface area contributed by atoms with Gasteiger partial charge in [-0.15, -0.1) is 11.3 Å². The Hall–Kier alpha value is -2.39. The minimum atomic E-state index is -1.59. The Morgan fingerprint density at radius 1 is 1.13 bits per heavy atom. The number of halogens is 2. The predicted octanol–water partition coefficient (Wildman–Crippen LogP) is 5.19. The van der Waals surface area contributed by atoms with Gasteiger partial charge in [-0.3, -0.25) is 0 Å². The van der Waals surface area contributed by atoms with Crippen molar-refractivity contribution in [2.24, 2.45) is 0 Å². The summed E-state index contributed by atoms with van der Waals surface area (Å²) in [6, 6.07) is 15.7. The highest BCUT2D eigenvalue weighted by atomic mass is 79.9. The molecule has 1 aliphatic carbocycles. The highest BCUT2D eigenvalue weighted by Crippen LogP contribution is 2.44. The molecule has 1 aliphatic rings. The molecule has 6 nitrogen and oxygen atoms in total. The number of hydrogen-bond acceptors (Lipinski definition) is 5. The van der Waals surface area contributed by atoms with Crippen LogP contribution in [0.25, 0.3) is 11.1 Å². The zero-order chi connectivity index (χ0) is 22.1. The van der Waals surface area contributed by atoms with Crippen LogP contribution in [0, 0.1) is 0 Å². The molecule has 0 bridgehead atoms. The van der Waals surface area contributed by atoms with Crippen LogP contribution in [0.4, 0.5) is 4.79 Å². The van der Waals surface area contributed by atoms with Gasteiger partial charge in [0.05, 0.1) is 0 Å². The second kappa shape index (κ2) is 9.00. The number of amides is 1. The Morgan fingerprint density at radius 3 is 2.23 bits per heavy atom. The number of ether oxygens (including phenoxy) is 1. The van der Waals surface area contributed by atoms with Crippen molar-refractivity contribution in [2.75, 3.05) is 6.61 Å². The molecular weight excluding hydrogens is 506 g/mol. The van der Waals surface area contributed by atoms with Crippen molar-refractivity contribution in [3.8, 4) is 11.1 Å². The van der Waals surface area contributed by atoms with Crippen molar-refractivity contribution >= 4 is 50.9 Å². The maximum atomic E-state index is 12.4. The zero-order valence-corrected chi connectivity index (χ0v) is 19.1. The number of rotatable bonds is 6. The summed E-state index contributed by atoms with van der Waals surface area (Å²) in [4.78, 5) is 24.4. The van der Waals surface area contributed by atoms with E-state index in [1.165, 1.54) is 6.07 Å². The van der Waals surface area contributed by atoms with E-state index in [4.69, 9.17) is 16.3 Å². The van der Waals surface area contributed by atoms with Gasteiger partial charge in [0.2, 0.25) is 0 Å². The molecule has 0 saturated carbocycles. The Balaban J connectivity index is 1.46. The number of aliphatic hydroxyl groups excluding tert-OH is 1. The highest BCUT2D eigenvalue weighted by Gasteiger charge is 2.33. The van der Waals surface area contributed by atoms with Gasteiger partial charge in [-0.25, -0.2) is 9.59 Å². The third kappa shape index (κ3) is 4.34. The van der Waals surface area contributed by atoms with E-state index in [0.29, 0.717) is 13.7 Å². The summed E-state index contributed by atoms with van der Waals surface area (Å²) in [6.07, 6.45) is -2.40. The fraction of sp³-hybridized carbons (Fsp3) is 0.182.